The molecule has 0 saturated heterocycles. The highest BCUT2D eigenvalue weighted by Crippen LogP contribution is 1.97. The van der Waals surface area contributed by atoms with Crippen molar-refractivity contribution in [2.45, 2.75) is 26.7 Å². The van der Waals surface area contributed by atoms with Gasteiger partial charge in [0.2, 0.25) is 0 Å². The van der Waals surface area contributed by atoms with Crippen LogP contribution >= 0.6 is 0 Å². The van der Waals surface area contributed by atoms with Crippen LogP contribution in [0.2, 0.25) is 0 Å². The lowest BCUT2D eigenvalue weighted by Crippen LogP contribution is -2.19. The molecule has 14 heavy (non-hydrogen) atoms. The molecule has 0 atom stereocenters. The summed E-state index contributed by atoms with van der Waals surface area (Å²) in [5.74, 6) is -0.283. The van der Waals surface area contributed by atoms with Gasteiger partial charge in [-0.25, -0.2) is 4.79 Å². The first-order chi connectivity index (χ1) is 6.57. The zero-order chi connectivity index (χ0) is 11.0. The van der Waals surface area contributed by atoms with Crippen molar-refractivity contribution >= 4 is 5.97 Å². The zero-order valence-corrected chi connectivity index (χ0v) is 9.51. The SMILES string of the molecule is C=C(C)C(=O)OCCCCN(C)CC. The van der Waals surface area contributed by atoms with Crippen LogP contribution in [0.25, 0.3) is 0 Å². The Balaban J connectivity index is 3.30. The molecule has 0 aromatic rings. The number of carbonyl (C=O) groups excluding carboxylic acids is 1. The van der Waals surface area contributed by atoms with Gasteiger partial charge in [-0.15, -0.1) is 0 Å². The van der Waals surface area contributed by atoms with E-state index in [1.54, 1.807) is 6.92 Å². The average Bonchev–Trinajstić information content (AvgIpc) is 2.16. The Morgan fingerprint density at radius 3 is 2.57 bits per heavy atom. The minimum atomic E-state index is -0.283. The summed E-state index contributed by atoms with van der Waals surface area (Å²) in [6.07, 6.45) is 1.98. The van der Waals surface area contributed by atoms with Crippen LogP contribution in [0.15, 0.2) is 12.2 Å². The number of nitrogens with zero attached hydrogens (tertiary/aromatic N) is 1. The van der Waals surface area contributed by atoms with E-state index in [1.807, 2.05) is 0 Å². The lowest BCUT2D eigenvalue weighted by molar-refractivity contribution is -0.139. The van der Waals surface area contributed by atoms with Crippen LogP contribution in [-0.4, -0.2) is 37.6 Å². The van der Waals surface area contributed by atoms with Crippen molar-refractivity contribution in [2.75, 3.05) is 26.7 Å². The van der Waals surface area contributed by atoms with Crippen LogP contribution < -0.4 is 0 Å². The normalized spacial score (nSPS) is 10.3. The van der Waals surface area contributed by atoms with Gasteiger partial charge >= 0.3 is 5.97 Å². The van der Waals surface area contributed by atoms with Crippen LogP contribution in [0.1, 0.15) is 26.7 Å². The Kier molecular flexibility index (Phi) is 7.11. The summed E-state index contributed by atoms with van der Waals surface area (Å²) in [7, 11) is 2.08. The van der Waals surface area contributed by atoms with E-state index in [0.29, 0.717) is 12.2 Å². The molecule has 0 radical (unpaired) electrons. The molecule has 0 aromatic carbocycles. The molecule has 0 aliphatic rings. The lowest BCUT2D eigenvalue weighted by atomic mass is 10.3. The molecule has 0 amide bonds. The third kappa shape index (κ3) is 6.66. The summed E-state index contributed by atoms with van der Waals surface area (Å²) in [6, 6.07) is 0. The van der Waals surface area contributed by atoms with Gasteiger partial charge in [-0.05, 0) is 39.9 Å². The topological polar surface area (TPSA) is 29.5 Å². The summed E-state index contributed by atoms with van der Waals surface area (Å²) >= 11 is 0. The van der Waals surface area contributed by atoms with E-state index in [-0.39, 0.29) is 5.97 Å². The Morgan fingerprint density at radius 2 is 2.07 bits per heavy atom. The molecule has 0 aliphatic carbocycles. The van der Waals surface area contributed by atoms with Crippen LogP contribution in [0.4, 0.5) is 0 Å². The van der Waals surface area contributed by atoms with Gasteiger partial charge in [0.05, 0.1) is 6.61 Å². The van der Waals surface area contributed by atoms with Gasteiger partial charge in [-0.2, -0.15) is 0 Å². The number of hydrogen-bond donors (Lipinski definition) is 0. The minimum Gasteiger partial charge on any atom is -0.462 e. The monoisotopic (exact) mass is 199 g/mol. The highest BCUT2D eigenvalue weighted by molar-refractivity contribution is 5.86. The third-order valence-corrected chi connectivity index (χ3v) is 2.06. The molecule has 82 valence electrons. The first-order valence-corrected chi connectivity index (χ1v) is 5.09. The molecule has 0 bridgehead atoms. The van der Waals surface area contributed by atoms with E-state index >= 15 is 0 Å². The van der Waals surface area contributed by atoms with E-state index in [9.17, 15) is 4.79 Å². The molecule has 0 aliphatic heterocycles. The van der Waals surface area contributed by atoms with Gasteiger partial charge in [-0.1, -0.05) is 13.5 Å². The number of unbranched alkanes of at least 4 members (excludes halogenated alkanes) is 1. The van der Waals surface area contributed by atoms with E-state index in [1.165, 1.54) is 0 Å². The smallest absolute Gasteiger partial charge is 0.333 e. The number of rotatable bonds is 7. The van der Waals surface area contributed by atoms with Crippen LogP contribution in [0, 0.1) is 0 Å². The van der Waals surface area contributed by atoms with Crippen LogP contribution in [-0.2, 0) is 9.53 Å². The van der Waals surface area contributed by atoms with Crippen LogP contribution in [0.5, 0.6) is 0 Å². The second-order valence-electron chi connectivity index (χ2n) is 3.52. The molecule has 0 rings (SSSR count). The maximum Gasteiger partial charge on any atom is 0.333 e. The largest absolute Gasteiger partial charge is 0.462 e. The minimum absolute atomic E-state index is 0.283. The quantitative estimate of drug-likeness (QED) is 0.356. The molecule has 0 heterocycles. The van der Waals surface area contributed by atoms with Gasteiger partial charge in [0.25, 0.3) is 0 Å². The number of carbonyl (C=O) groups is 1. The number of esters is 1. The average molecular weight is 199 g/mol. The number of hydrogen-bond acceptors (Lipinski definition) is 3. The predicted octanol–water partition coefficient (Wildman–Crippen LogP) is 1.84. The van der Waals surface area contributed by atoms with Gasteiger partial charge in [0.1, 0.15) is 0 Å². The second kappa shape index (κ2) is 7.56. The molecular formula is C11H21NO2. The fourth-order valence-corrected chi connectivity index (χ4v) is 0.930. The summed E-state index contributed by atoms with van der Waals surface area (Å²) in [4.78, 5) is 13.2. The Hall–Kier alpha value is -0.830. The highest BCUT2D eigenvalue weighted by atomic mass is 16.5. The summed E-state index contributed by atoms with van der Waals surface area (Å²) < 4.78 is 4.96. The van der Waals surface area contributed by atoms with Crippen molar-refractivity contribution in [1.82, 2.24) is 4.90 Å². The van der Waals surface area contributed by atoms with Crippen molar-refractivity contribution in [2.24, 2.45) is 0 Å². The molecule has 3 heteroatoms. The Morgan fingerprint density at radius 1 is 1.43 bits per heavy atom. The molecule has 0 N–H and O–H groups in total. The second-order valence-corrected chi connectivity index (χ2v) is 3.52. The van der Waals surface area contributed by atoms with E-state index < -0.39 is 0 Å². The predicted molar refractivity (Wildman–Crippen MR) is 58.2 cm³/mol. The molecule has 0 fully saturated rings. The Bertz CT molecular complexity index is 190. The highest BCUT2D eigenvalue weighted by Gasteiger charge is 2.02. The molecule has 0 saturated carbocycles. The molecule has 0 unspecified atom stereocenters. The van der Waals surface area contributed by atoms with Gasteiger partial charge < -0.3 is 9.64 Å². The van der Waals surface area contributed by atoms with Gasteiger partial charge in [0, 0.05) is 5.57 Å². The first kappa shape index (κ1) is 13.2. The van der Waals surface area contributed by atoms with Crippen LogP contribution in [0.3, 0.4) is 0 Å². The summed E-state index contributed by atoms with van der Waals surface area (Å²) in [6.45, 7) is 9.92. The van der Waals surface area contributed by atoms with Crippen molar-refractivity contribution in [3.63, 3.8) is 0 Å². The zero-order valence-electron chi connectivity index (χ0n) is 9.51. The van der Waals surface area contributed by atoms with Gasteiger partial charge in [0.15, 0.2) is 0 Å². The maximum atomic E-state index is 11.0. The molecule has 3 nitrogen and oxygen atoms in total. The van der Waals surface area contributed by atoms with E-state index in [4.69, 9.17) is 4.74 Å². The molecular weight excluding hydrogens is 178 g/mol. The number of ether oxygens (including phenoxy) is 1. The standard InChI is InChI=1S/C11H21NO2/c1-5-12(4)8-6-7-9-14-11(13)10(2)3/h2,5-9H2,1,3-4H3. The summed E-state index contributed by atoms with van der Waals surface area (Å²) in [5, 5.41) is 0. The maximum absolute atomic E-state index is 11.0. The van der Waals surface area contributed by atoms with E-state index in [0.717, 1.165) is 25.9 Å². The fraction of sp³-hybridized carbons (Fsp3) is 0.727. The molecule has 0 spiro atoms. The molecule has 0 aromatic heterocycles. The third-order valence-electron chi connectivity index (χ3n) is 2.06. The van der Waals surface area contributed by atoms with Gasteiger partial charge in [-0.3, -0.25) is 0 Å². The van der Waals surface area contributed by atoms with Crippen molar-refractivity contribution < 1.29 is 9.53 Å². The van der Waals surface area contributed by atoms with Crippen molar-refractivity contribution in [1.29, 1.82) is 0 Å². The Labute approximate surface area is 86.7 Å². The van der Waals surface area contributed by atoms with Crippen molar-refractivity contribution in [3.05, 3.63) is 12.2 Å². The lowest BCUT2D eigenvalue weighted by Gasteiger charge is -2.12. The van der Waals surface area contributed by atoms with E-state index in [2.05, 4.69) is 25.5 Å². The summed E-state index contributed by atoms with van der Waals surface area (Å²) in [5.41, 5.74) is 0.468. The first-order valence-electron chi connectivity index (χ1n) is 5.09. The van der Waals surface area contributed by atoms with Crippen molar-refractivity contribution in [3.8, 4) is 0 Å². The fourth-order valence-electron chi connectivity index (χ4n) is 0.930.